The molecule has 1 nitrogen and oxygen atoms in total. The Hall–Kier alpha value is -0.560. The molecule has 0 aromatic carbocycles. The summed E-state index contributed by atoms with van der Waals surface area (Å²) in [7, 11) is 0. The van der Waals surface area contributed by atoms with Crippen LogP contribution in [0.15, 0.2) is 23.8 Å². The number of unbranched alkanes of at least 4 members (excludes halogenated alkanes) is 1. The summed E-state index contributed by atoms with van der Waals surface area (Å²) in [6, 6.07) is 0. The molecule has 0 aromatic rings. The van der Waals surface area contributed by atoms with E-state index in [0.717, 1.165) is 12.8 Å². The molecule has 0 rings (SSSR count). The van der Waals surface area contributed by atoms with Gasteiger partial charge in [-0.1, -0.05) is 31.2 Å². The van der Waals surface area contributed by atoms with Gasteiger partial charge >= 0.3 is 0 Å². The number of aliphatic hydroxyl groups excluding tert-OH is 1. The highest BCUT2D eigenvalue weighted by Crippen LogP contribution is 1.97. The van der Waals surface area contributed by atoms with Crippen molar-refractivity contribution in [3.8, 4) is 0 Å². The molecule has 0 bridgehead atoms. The van der Waals surface area contributed by atoms with Crippen molar-refractivity contribution in [2.24, 2.45) is 0 Å². The average Bonchev–Trinajstić information content (AvgIpc) is 1.87. The van der Waals surface area contributed by atoms with Crippen LogP contribution in [0.5, 0.6) is 0 Å². The van der Waals surface area contributed by atoms with Crippen molar-refractivity contribution in [3.05, 3.63) is 23.8 Å². The van der Waals surface area contributed by atoms with Crippen molar-refractivity contribution in [1.82, 2.24) is 0 Å². The van der Waals surface area contributed by atoms with E-state index in [1.54, 1.807) is 6.08 Å². The van der Waals surface area contributed by atoms with Gasteiger partial charge in [-0.3, -0.25) is 0 Å². The van der Waals surface area contributed by atoms with E-state index in [1.807, 2.05) is 6.08 Å². The first-order chi connectivity index (χ1) is 4.77. The molecule has 0 amide bonds. The van der Waals surface area contributed by atoms with Crippen LogP contribution in [0.1, 0.15) is 34.1 Å². The summed E-state index contributed by atoms with van der Waals surface area (Å²) in [6.45, 7) is 4.35. The molecule has 0 aliphatic rings. The van der Waals surface area contributed by atoms with Gasteiger partial charge in [0.2, 0.25) is 0 Å². The van der Waals surface area contributed by atoms with E-state index in [-0.39, 0.29) is 14.0 Å². The minimum absolute atomic E-state index is 0. The molecule has 0 aliphatic heterocycles. The smallest absolute Gasteiger partial charge is 0.0612 e. The Morgan fingerprint density at radius 3 is 2.27 bits per heavy atom. The quantitative estimate of drug-likeness (QED) is 0.490. The van der Waals surface area contributed by atoms with Gasteiger partial charge in [0.05, 0.1) is 6.61 Å². The Morgan fingerprint density at radius 1 is 1.18 bits per heavy atom. The standard InChI is InChI=1S/C9H16O.CH4/c1-9(2)7-5-3-4-6-8-10;/h4,6-7,10H,3,5,8H2,1-2H3;1H4/b6-4+;. The highest BCUT2D eigenvalue weighted by molar-refractivity contribution is 4.94. The second-order valence-electron chi connectivity index (χ2n) is 2.51. The van der Waals surface area contributed by atoms with Crippen LogP contribution in [0.25, 0.3) is 0 Å². The molecule has 0 aliphatic carbocycles. The number of hydrogen-bond donors (Lipinski definition) is 1. The predicted octanol–water partition coefficient (Wildman–Crippen LogP) is 2.92. The SMILES string of the molecule is C.CC(C)=CCC/C=C/CO. The van der Waals surface area contributed by atoms with E-state index >= 15 is 0 Å². The number of allylic oxidation sites excluding steroid dienone is 3. The minimum Gasteiger partial charge on any atom is -0.392 e. The van der Waals surface area contributed by atoms with Crippen LogP contribution in [0.3, 0.4) is 0 Å². The van der Waals surface area contributed by atoms with Gasteiger partial charge in [-0.15, -0.1) is 0 Å². The van der Waals surface area contributed by atoms with Gasteiger partial charge in [-0.2, -0.15) is 0 Å². The summed E-state index contributed by atoms with van der Waals surface area (Å²) < 4.78 is 0. The fourth-order valence-corrected chi connectivity index (χ4v) is 0.661. The number of hydrogen-bond acceptors (Lipinski definition) is 1. The summed E-state index contributed by atoms with van der Waals surface area (Å²) in [5.41, 5.74) is 1.36. The van der Waals surface area contributed by atoms with Gasteiger partial charge in [0, 0.05) is 0 Å². The van der Waals surface area contributed by atoms with Gasteiger partial charge in [0.1, 0.15) is 0 Å². The minimum atomic E-state index is 0. The van der Waals surface area contributed by atoms with E-state index < -0.39 is 0 Å². The summed E-state index contributed by atoms with van der Waals surface area (Å²) in [5.74, 6) is 0. The number of aliphatic hydroxyl groups is 1. The molecular formula is C10H20O. The van der Waals surface area contributed by atoms with Crippen LogP contribution in [-0.4, -0.2) is 11.7 Å². The lowest BCUT2D eigenvalue weighted by atomic mass is 10.2. The Balaban J connectivity index is 0. The molecular weight excluding hydrogens is 136 g/mol. The van der Waals surface area contributed by atoms with Gasteiger partial charge in [-0.05, 0) is 26.7 Å². The number of rotatable bonds is 4. The maximum Gasteiger partial charge on any atom is 0.0612 e. The van der Waals surface area contributed by atoms with Crippen molar-refractivity contribution >= 4 is 0 Å². The third kappa shape index (κ3) is 12.6. The predicted molar refractivity (Wildman–Crippen MR) is 51.6 cm³/mol. The molecule has 0 aromatic heterocycles. The first kappa shape index (κ1) is 13.1. The summed E-state index contributed by atoms with van der Waals surface area (Å²) in [5, 5.41) is 8.37. The highest BCUT2D eigenvalue weighted by Gasteiger charge is 1.77. The third-order valence-electron chi connectivity index (χ3n) is 1.16. The molecule has 0 spiro atoms. The second kappa shape index (κ2) is 9.44. The molecule has 0 fully saturated rings. The third-order valence-corrected chi connectivity index (χ3v) is 1.16. The van der Waals surface area contributed by atoms with E-state index in [2.05, 4.69) is 19.9 Å². The molecule has 0 saturated carbocycles. The summed E-state index contributed by atoms with van der Waals surface area (Å²) in [4.78, 5) is 0. The molecule has 1 N–H and O–H groups in total. The van der Waals surface area contributed by atoms with Crippen molar-refractivity contribution < 1.29 is 5.11 Å². The maximum absolute atomic E-state index is 8.37. The first-order valence-electron chi connectivity index (χ1n) is 3.66. The second-order valence-corrected chi connectivity index (χ2v) is 2.51. The zero-order chi connectivity index (χ0) is 7.82. The molecule has 66 valence electrons. The molecule has 0 atom stereocenters. The molecule has 0 radical (unpaired) electrons. The Kier molecular flexibility index (Phi) is 11.2. The Bertz CT molecular complexity index is 119. The van der Waals surface area contributed by atoms with Crippen LogP contribution in [-0.2, 0) is 0 Å². The first-order valence-corrected chi connectivity index (χ1v) is 3.66. The molecule has 0 heterocycles. The largest absolute Gasteiger partial charge is 0.392 e. The Labute approximate surface area is 70.4 Å². The van der Waals surface area contributed by atoms with E-state index in [1.165, 1.54) is 5.57 Å². The van der Waals surface area contributed by atoms with E-state index in [9.17, 15) is 0 Å². The molecule has 0 unspecified atom stereocenters. The molecule has 0 saturated heterocycles. The van der Waals surface area contributed by atoms with Crippen LogP contribution < -0.4 is 0 Å². The van der Waals surface area contributed by atoms with Crippen molar-refractivity contribution in [2.75, 3.05) is 6.61 Å². The van der Waals surface area contributed by atoms with E-state index in [4.69, 9.17) is 5.11 Å². The van der Waals surface area contributed by atoms with E-state index in [0.29, 0.717) is 0 Å². The maximum atomic E-state index is 8.37. The Morgan fingerprint density at radius 2 is 1.82 bits per heavy atom. The lowest BCUT2D eigenvalue weighted by Gasteiger charge is -1.88. The molecule has 11 heavy (non-hydrogen) atoms. The lowest BCUT2D eigenvalue weighted by molar-refractivity contribution is 0.342. The van der Waals surface area contributed by atoms with Gasteiger partial charge in [0.25, 0.3) is 0 Å². The zero-order valence-corrected chi connectivity index (χ0v) is 6.80. The summed E-state index contributed by atoms with van der Waals surface area (Å²) >= 11 is 0. The van der Waals surface area contributed by atoms with Crippen LogP contribution in [0.2, 0.25) is 0 Å². The monoisotopic (exact) mass is 156 g/mol. The van der Waals surface area contributed by atoms with Crippen LogP contribution in [0.4, 0.5) is 0 Å². The normalized spacial score (nSPS) is 9.36. The topological polar surface area (TPSA) is 20.2 Å². The van der Waals surface area contributed by atoms with Crippen LogP contribution in [0, 0.1) is 0 Å². The zero-order valence-electron chi connectivity index (χ0n) is 6.80. The fraction of sp³-hybridized carbons (Fsp3) is 0.600. The van der Waals surface area contributed by atoms with Crippen LogP contribution >= 0.6 is 0 Å². The average molecular weight is 156 g/mol. The lowest BCUT2D eigenvalue weighted by Crippen LogP contribution is -1.72. The van der Waals surface area contributed by atoms with Crippen molar-refractivity contribution in [1.29, 1.82) is 0 Å². The van der Waals surface area contributed by atoms with Gasteiger partial charge in [0.15, 0.2) is 0 Å². The fourth-order valence-electron chi connectivity index (χ4n) is 0.661. The van der Waals surface area contributed by atoms with Crippen molar-refractivity contribution in [3.63, 3.8) is 0 Å². The van der Waals surface area contributed by atoms with Gasteiger partial charge in [-0.25, -0.2) is 0 Å². The van der Waals surface area contributed by atoms with Crippen molar-refractivity contribution in [2.45, 2.75) is 34.1 Å². The summed E-state index contributed by atoms with van der Waals surface area (Å²) in [6.07, 6.45) is 8.09. The highest BCUT2D eigenvalue weighted by atomic mass is 16.2. The van der Waals surface area contributed by atoms with Gasteiger partial charge < -0.3 is 5.11 Å². The molecule has 1 heteroatoms.